The molecule has 0 radical (unpaired) electrons. The van der Waals surface area contributed by atoms with Gasteiger partial charge in [0.05, 0.1) is 23.2 Å². The number of rotatable bonds is 4. The summed E-state index contributed by atoms with van der Waals surface area (Å²) in [5.74, 6) is 0.303. The van der Waals surface area contributed by atoms with Gasteiger partial charge in [-0.15, -0.1) is 0 Å². The topological polar surface area (TPSA) is 72.3 Å². The predicted molar refractivity (Wildman–Crippen MR) is 114 cm³/mol. The number of fused-ring (bicyclic) bond motifs is 1. The van der Waals surface area contributed by atoms with E-state index in [9.17, 15) is 13.2 Å². The molecule has 29 heavy (non-hydrogen) atoms. The Labute approximate surface area is 171 Å². The van der Waals surface area contributed by atoms with Gasteiger partial charge >= 0.3 is 0 Å². The SMILES string of the molecule is Cc1nn([C@@H]2CCS(=O)(=O)C2)c(C)c1CN(C)C(=O)c1ccc2ccccc2c1. The second-order valence-corrected chi connectivity index (χ2v) is 10.1. The minimum Gasteiger partial charge on any atom is -0.337 e. The highest BCUT2D eigenvalue weighted by molar-refractivity contribution is 7.91. The average molecular weight is 412 g/mol. The molecular weight excluding hydrogens is 386 g/mol. The molecule has 1 amide bonds. The van der Waals surface area contributed by atoms with Crippen LogP contribution in [-0.4, -0.2) is 47.6 Å². The fraction of sp³-hybridized carbons (Fsp3) is 0.364. The van der Waals surface area contributed by atoms with Crippen LogP contribution in [0.1, 0.15) is 39.8 Å². The van der Waals surface area contributed by atoms with Crippen molar-refractivity contribution in [3.05, 3.63) is 65.0 Å². The molecule has 7 heteroatoms. The van der Waals surface area contributed by atoms with Crippen LogP contribution in [0.3, 0.4) is 0 Å². The van der Waals surface area contributed by atoms with E-state index in [1.165, 1.54) is 0 Å². The summed E-state index contributed by atoms with van der Waals surface area (Å²) in [6.07, 6.45) is 0.593. The molecule has 0 spiro atoms. The largest absolute Gasteiger partial charge is 0.337 e. The van der Waals surface area contributed by atoms with Crippen molar-refractivity contribution in [3.63, 3.8) is 0 Å². The van der Waals surface area contributed by atoms with Crippen LogP contribution >= 0.6 is 0 Å². The average Bonchev–Trinajstić information content (AvgIpc) is 3.20. The lowest BCUT2D eigenvalue weighted by molar-refractivity contribution is 0.0785. The van der Waals surface area contributed by atoms with Gasteiger partial charge in [0, 0.05) is 30.4 Å². The lowest BCUT2D eigenvalue weighted by Gasteiger charge is -2.18. The molecule has 0 bridgehead atoms. The highest BCUT2D eigenvalue weighted by Crippen LogP contribution is 2.27. The molecule has 0 saturated carbocycles. The monoisotopic (exact) mass is 411 g/mol. The molecule has 6 nitrogen and oxygen atoms in total. The Morgan fingerprint density at radius 1 is 1.17 bits per heavy atom. The summed E-state index contributed by atoms with van der Waals surface area (Å²) < 4.78 is 25.5. The van der Waals surface area contributed by atoms with Gasteiger partial charge in [0.15, 0.2) is 9.84 Å². The van der Waals surface area contributed by atoms with Crippen LogP contribution in [0.25, 0.3) is 10.8 Å². The van der Waals surface area contributed by atoms with Gasteiger partial charge < -0.3 is 4.90 Å². The zero-order chi connectivity index (χ0) is 20.8. The molecule has 1 atom stereocenters. The molecule has 1 aliphatic rings. The molecule has 0 unspecified atom stereocenters. The Morgan fingerprint density at radius 2 is 1.90 bits per heavy atom. The van der Waals surface area contributed by atoms with Crippen LogP contribution < -0.4 is 0 Å². The predicted octanol–water partition coefficient (Wildman–Crippen LogP) is 3.28. The summed E-state index contributed by atoms with van der Waals surface area (Å²) in [7, 11) is -1.19. The van der Waals surface area contributed by atoms with Gasteiger partial charge in [0.1, 0.15) is 0 Å². The molecule has 2 heterocycles. The number of amides is 1. The number of aromatic nitrogens is 2. The van der Waals surface area contributed by atoms with E-state index >= 15 is 0 Å². The summed E-state index contributed by atoms with van der Waals surface area (Å²) in [6.45, 7) is 4.30. The van der Waals surface area contributed by atoms with Crippen LogP contribution in [0.15, 0.2) is 42.5 Å². The van der Waals surface area contributed by atoms with Crippen molar-refractivity contribution < 1.29 is 13.2 Å². The third-order valence-electron chi connectivity index (χ3n) is 5.77. The third kappa shape index (κ3) is 3.79. The van der Waals surface area contributed by atoms with Crippen molar-refractivity contribution in [2.75, 3.05) is 18.6 Å². The highest BCUT2D eigenvalue weighted by atomic mass is 32.2. The Bertz CT molecular complexity index is 1200. The van der Waals surface area contributed by atoms with Gasteiger partial charge in [-0.1, -0.05) is 30.3 Å². The van der Waals surface area contributed by atoms with Crippen molar-refractivity contribution in [2.45, 2.75) is 32.9 Å². The zero-order valence-corrected chi connectivity index (χ0v) is 17.7. The third-order valence-corrected chi connectivity index (χ3v) is 7.52. The van der Waals surface area contributed by atoms with Gasteiger partial charge in [-0.05, 0) is 43.2 Å². The van der Waals surface area contributed by atoms with Gasteiger partial charge in [0.2, 0.25) is 0 Å². The van der Waals surface area contributed by atoms with Gasteiger partial charge in [-0.3, -0.25) is 9.48 Å². The Hall–Kier alpha value is -2.67. The van der Waals surface area contributed by atoms with E-state index in [-0.39, 0.29) is 23.5 Å². The van der Waals surface area contributed by atoms with Crippen LogP contribution in [0, 0.1) is 13.8 Å². The summed E-state index contributed by atoms with van der Waals surface area (Å²) in [5.41, 5.74) is 3.40. The maximum absolute atomic E-state index is 13.0. The van der Waals surface area contributed by atoms with Gasteiger partial charge in [-0.2, -0.15) is 5.10 Å². The minimum absolute atomic E-state index is 0.0502. The molecule has 2 aromatic carbocycles. The number of sulfone groups is 1. The first kappa shape index (κ1) is 19.6. The van der Waals surface area contributed by atoms with Crippen LogP contribution in [0.4, 0.5) is 0 Å². The number of hydrogen-bond donors (Lipinski definition) is 0. The highest BCUT2D eigenvalue weighted by Gasteiger charge is 2.31. The van der Waals surface area contributed by atoms with Crippen LogP contribution in [0.5, 0.6) is 0 Å². The van der Waals surface area contributed by atoms with E-state index in [2.05, 4.69) is 5.10 Å². The molecular formula is C22H25N3O3S. The van der Waals surface area contributed by atoms with Crippen molar-refractivity contribution in [3.8, 4) is 0 Å². The molecule has 1 fully saturated rings. The van der Waals surface area contributed by atoms with Crippen LogP contribution in [-0.2, 0) is 16.4 Å². The second-order valence-electron chi connectivity index (χ2n) is 7.87. The fourth-order valence-electron chi connectivity index (χ4n) is 4.10. The second kappa shape index (κ2) is 7.30. The normalized spacial score (nSPS) is 18.2. The number of hydrogen-bond acceptors (Lipinski definition) is 4. The van der Waals surface area contributed by atoms with Gasteiger partial charge in [0.25, 0.3) is 5.91 Å². The molecule has 1 saturated heterocycles. The smallest absolute Gasteiger partial charge is 0.253 e. The molecule has 3 aromatic rings. The van der Waals surface area contributed by atoms with Crippen molar-refractivity contribution in [2.24, 2.45) is 0 Å². The standard InChI is InChI=1S/C22H25N3O3S/c1-15-21(16(2)25(23-15)20-10-11-29(27,28)14-20)13-24(3)22(26)19-9-8-17-6-4-5-7-18(17)12-19/h4-9,12,20H,10-11,13-14H2,1-3H3/t20-/m1/s1. The molecule has 1 aliphatic heterocycles. The summed E-state index contributed by atoms with van der Waals surface area (Å²) in [5, 5.41) is 6.74. The van der Waals surface area contributed by atoms with Crippen molar-refractivity contribution in [1.29, 1.82) is 0 Å². The minimum atomic E-state index is -2.98. The van der Waals surface area contributed by atoms with E-state index in [0.717, 1.165) is 27.7 Å². The number of aryl methyl sites for hydroxylation is 1. The first-order valence-electron chi connectivity index (χ1n) is 9.74. The molecule has 152 valence electrons. The Balaban J connectivity index is 1.56. The lowest BCUT2D eigenvalue weighted by atomic mass is 10.1. The van der Waals surface area contributed by atoms with E-state index in [1.54, 1.807) is 11.9 Å². The molecule has 0 aliphatic carbocycles. The Morgan fingerprint density at radius 3 is 2.59 bits per heavy atom. The quantitative estimate of drug-likeness (QED) is 0.660. The van der Waals surface area contributed by atoms with E-state index in [1.807, 2.05) is 61.0 Å². The number of nitrogens with zero attached hydrogens (tertiary/aromatic N) is 3. The number of benzene rings is 2. The van der Waals surface area contributed by atoms with E-state index in [0.29, 0.717) is 18.5 Å². The summed E-state index contributed by atoms with van der Waals surface area (Å²) in [6, 6.07) is 13.6. The maximum Gasteiger partial charge on any atom is 0.253 e. The van der Waals surface area contributed by atoms with E-state index in [4.69, 9.17) is 0 Å². The fourth-order valence-corrected chi connectivity index (χ4v) is 5.79. The van der Waals surface area contributed by atoms with Crippen molar-refractivity contribution >= 4 is 26.5 Å². The number of carbonyl (C=O) groups excluding carboxylic acids is 1. The maximum atomic E-state index is 13.0. The first-order valence-corrected chi connectivity index (χ1v) is 11.6. The summed E-state index contributed by atoms with van der Waals surface area (Å²) in [4.78, 5) is 14.7. The Kier molecular flexibility index (Phi) is 4.94. The van der Waals surface area contributed by atoms with E-state index < -0.39 is 9.84 Å². The molecule has 4 rings (SSSR count). The number of carbonyl (C=O) groups is 1. The summed E-state index contributed by atoms with van der Waals surface area (Å²) >= 11 is 0. The van der Waals surface area contributed by atoms with Gasteiger partial charge in [-0.25, -0.2) is 8.42 Å². The van der Waals surface area contributed by atoms with Crippen LogP contribution in [0.2, 0.25) is 0 Å². The first-order chi connectivity index (χ1) is 13.7. The molecule has 0 N–H and O–H groups in total. The lowest BCUT2D eigenvalue weighted by Crippen LogP contribution is -2.26. The van der Waals surface area contributed by atoms with Crippen molar-refractivity contribution in [1.82, 2.24) is 14.7 Å². The molecule has 1 aromatic heterocycles. The zero-order valence-electron chi connectivity index (χ0n) is 16.9.